The zero-order valence-electron chi connectivity index (χ0n) is 13.0. The normalized spacial score (nSPS) is 17.7. The Morgan fingerprint density at radius 3 is 2.95 bits per heavy atom. The molecule has 1 saturated heterocycles. The Hall–Kier alpha value is -1.30. The Kier molecular flexibility index (Phi) is 8.24. The first-order chi connectivity index (χ1) is 10.2. The van der Waals surface area contributed by atoms with Gasteiger partial charge in [-0.15, -0.1) is 12.4 Å². The third-order valence-electron chi connectivity index (χ3n) is 3.59. The molecule has 0 aromatic heterocycles. The zero-order chi connectivity index (χ0) is 15.1. The van der Waals surface area contributed by atoms with E-state index in [1.807, 2.05) is 23.1 Å². The summed E-state index contributed by atoms with van der Waals surface area (Å²) in [5.41, 5.74) is 6.60. The largest absolute Gasteiger partial charge is 0.493 e. The van der Waals surface area contributed by atoms with Crippen molar-refractivity contribution in [2.75, 3.05) is 33.4 Å². The van der Waals surface area contributed by atoms with Crippen molar-refractivity contribution in [1.82, 2.24) is 4.90 Å². The molecule has 1 amide bonds. The quantitative estimate of drug-likeness (QED) is 0.812. The van der Waals surface area contributed by atoms with Crippen molar-refractivity contribution in [3.05, 3.63) is 29.8 Å². The highest BCUT2D eigenvalue weighted by molar-refractivity contribution is 5.94. The molecule has 0 radical (unpaired) electrons. The summed E-state index contributed by atoms with van der Waals surface area (Å²) >= 11 is 0. The highest BCUT2D eigenvalue weighted by Crippen LogP contribution is 2.17. The monoisotopic (exact) mass is 328 g/mol. The van der Waals surface area contributed by atoms with Crippen molar-refractivity contribution in [1.29, 1.82) is 0 Å². The van der Waals surface area contributed by atoms with Crippen LogP contribution in [0.5, 0.6) is 5.75 Å². The molecule has 0 spiro atoms. The van der Waals surface area contributed by atoms with Crippen molar-refractivity contribution < 1.29 is 14.3 Å². The lowest BCUT2D eigenvalue weighted by atomic mass is 10.1. The summed E-state index contributed by atoms with van der Waals surface area (Å²) in [5.74, 6) is 0.755. The van der Waals surface area contributed by atoms with Gasteiger partial charge in [0, 0.05) is 44.8 Å². The second kappa shape index (κ2) is 9.66. The SMILES string of the molecule is COCCCOc1cccc(C(=O)N2CCCC(N)C2)c1.Cl. The molecule has 2 N–H and O–H groups in total. The van der Waals surface area contributed by atoms with E-state index in [2.05, 4.69) is 0 Å². The van der Waals surface area contributed by atoms with Crippen LogP contribution >= 0.6 is 12.4 Å². The maximum atomic E-state index is 12.5. The lowest BCUT2D eigenvalue weighted by molar-refractivity contribution is 0.0708. The molecule has 6 heteroatoms. The van der Waals surface area contributed by atoms with Gasteiger partial charge in [-0.25, -0.2) is 0 Å². The molecule has 0 bridgehead atoms. The van der Waals surface area contributed by atoms with Gasteiger partial charge in [-0.2, -0.15) is 0 Å². The van der Waals surface area contributed by atoms with Gasteiger partial charge in [-0.3, -0.25) is 4.79 Å². The Balaban J connectivity index is 0.00000242. The van der Waals surface area contributed by atoms with Crippen molar-refractivity contribution >= 4 is 18.3 Å². The van der Waals surface area contributed by atoms with Gasteiger partial charge in [0.2, 0.25) is 0 Å². The molecule has 1 aliphatic rings. The first-order valence-corrected chi connectivity index (χ1v) is 7.47. The summed E-state index contributed by atoms with van der Waals surface area (Å²) in [4.78, 5) is 14.3. The van der Waals surface area contributed by atoms with Gasteiger partial charge < -0.3 is 20.1 Å². The van der Waals surface area contributed by atoms with Crippen molar-refractivity contribution in [2.45, 2.75) is 25.3 Å². The highest BCUT2D eigenvalue weighted by atomic mass is 35.5. The molecule has 1 atom stereocenters. The summed E-state index contributed by atoms with van der Waals surface area (Å²) in [6.45, 7) is 2.67. The van der Waals surface area contributed by atoms with Gasteiger partial charge in [-0.05, 0) is 31.0 Å². The molecule has 5 nitrogen and oxygen atoms in total. The van der Waals surface area contributed by atoms with E-state index in [1.54, 1.807) is 13.2 Å². The average Bonchev–Trinajstić information content (AvgIpc) is 2.51. The molecule has 1 aliphatic heterocycles. The van der Waals surface area contributed by atoms with Crippen LogP contribution in [0.25, 0.3) is 0 Å². The van der Waals surface area contributed by atoms with E-state index >= 15 is 0 Å². The number of halogens is 1. The molecule has 0 saturated carbocycles. The Morgan fingerprint density at radius 1 is 1.41 bits per heavy atom. The number of carbonyl (C=O) groups excluding carboxylic acids is 1. The molecule has 1 aromatic rings. The molecule has 22 heavy (non-hydrogen) atoms. The fourth-order valence-electron chi connectivity index (χ4n) is 2.49. The summed E-state index contributed by atoms with van der Waals surface area (Å²) < 4.78 is 10.6. The molecule has 1 aromatic carbocycles. The van der Waals surface area contributed by atoms with E-state index in [-0.39, 0.29) is 24.4 Å². The number of rotatable bonds is 6. The summed E-state index contributed by atoms with van der Waals surface area (Å²) in [5, 5.41) is 0. The number of nitrogens with zero attached hydrogens (tertiary/aromatic N) is 1. The van der Waals surface area contributed by atoms with Crippen LogP contribution in [0.4, 0.5) is 0 Å². The summed E-state index contributed by atoms with van der Waals surface area (Å²) in [7, 11) is 1.67. The molecule has 2 rings (SSSR count). The summed E-state index contributed by atoms with van der Waals surface area (Å²) in [6, 6.07) is 7.43. The van der Waals surface area contributed by atoms with Crippen molar-refractivity contribution in [3.8, 4) is 5.75 Å². The van der Waals surface area contributed by atoms with Crippen LogP contribution in [0.3, 0.4) is 0 Å². The minimum atomic E-state index is 0. The average molecular weight is 329 g/mol. The van der Waals surface area contributed by atoms with Crippen LogP contribution in [0.2, 0.25) is 0 Å². The highest BCUT2D eigenvalue weighted by Gasteiger charge is 2.22. The molecule has 1 unspecified atom stereocenters. The van der Waals surface area contributed by atoms with Crippen LogP contribution in [0.15, 0.2) is 24.3 Å². The van der Waals surface area contributed by atoms with Gasteiger partial charge >= 0.3 is 0 Å². The topological polar surface area (TPSA) is 64.8 Å². The maximum absolute atomic E-state index is 12.5. The lowest BCUT2D eigenvalue weighted by Crippen LogP contribution is -2.45. The predicted octanol–water partition coefficient (Wildman–Crippen LogP) is 2.09. The third kappa shape index (κ3) is 5.48. The van der Waals surface area contributed by atoms with Crippen LogP contribution in [0.1, 0.15) is 29.6 Å². The molecule has 124 valence electrons. The Bertz CT molecular complexity index is 470. The Labute approximate surface area is 138 Å². The summed E-state index contributed by atoms with van der Waals surface area (Å²) in [6.07, 6.45) is 2.79. The van der Waals surface area contributed by atoms with E-state index in [0.29, 0.717) is 25.3 Å². The van der Waals surface area contributed by atoms with Crippen LogP contribution in [-0.2, 0) is 4.74 Å². The zero-order valence-corrected chi connectivity index (χ0v) is 13.8. The second-order valence-electron chi connectivity index (χ2n) is 5.38. The van der Waals surface area contributed by atoms with Gasteiger partial charge in [0.05, 0.1) is 6.61 Å². The standard InChI is InChI=1S/C16H24N2O3.ClH/c1-20-9-4-10-21-15-7-2-5-13(11-15)16(19)18-8-3-6-14(17)12-18;/h2,5,7,11,14H,3-4,6,8-10,12,17H2,1H3;1H. The number of likely N-dealkylation sites (tertiary alicyclic amines) is 1. The Morgan fingerprint density at radius 2 is 2.23 bits per heavy atom. The minimum Gasteiger partial charge on any atom is -0.493 e. The van der Waals surface area contributed by atoms with Gasteiger partial charge in [0.1, 0.15) is 5.75 Å². The van der Waals surface area contributed by atoms with Crippen molar-refractivity contribution in [2.24, 2.45) is 5.73 Å². The number of methoxy groups -OCH3 is 1. The molecule has 1 heterocycles. The van der Waals surface area contributed by atoms with E-state index in [0.717, 1.165) is 31.6 Å². The second-order valence-corrected chi connectivity index (χ2v) is 5.38. The van der Waals surface area contributed by atoms with Crippen LogP contribution in [-0.4, -0.2) is 50.3 Å². The number of carbonyl (C=O) groups is 1. The number of hydrogen-bond donors (Lipinski definition) is 1. The smallest absolute Gasteiger partial charge is 0.254 e. The molecule has 1 fully saturated rings. The van der Waals surface area contributed by atoms with Gasteiger partial charge in [0.15, 0.2) is 0 Å². The fourth-order valence-corrected chi connectivity index (χ4v) is 2.49. The van der Waals surface area contributed by atoms with Crippen LogP contribution in [0, 0.1) is 0 Å². The lowest BCUT2D eigenvalue weighted by Gasteiger charge is -2.30. The van der Waals surface area contributed by atoms with E-state index < -0.39 is 0 Å². The number of ether oxygens (including phenoxy) is 2. The first-order valence-electron chi connectivity index (χ1n) is 7.47. The van der Waals surface area contributed by atoms with E-state index in [9.17, 15) is 4.79 Å². The number of hydrogen-bond acceptors (Lipinski definition) is 4. The number of piperidine rings is 1. The first kappa shape index (κ1) is 18.7. The van der Waals surface area contributed by atoms with E-state index in [1.165, 1.54) is 0 Å². The van der Waals surface area contributed by atoms with Crippen molar-refractivity contribution in [3.63, 3.8) is 0 Å². The molecular weight excluding hydrogens is 304 g/mol. The van der Waals surface area contributed by atoms with Crippen LogP contribution < -0.4 is 10.5 Å². The fraction of sp³-hybridized carbons (Fsp3) is 0.562. The molecular formula is C16H25ClN2O3. The number of nitrogens with two attached hydrogens (primary N) is 1. The van der Waals surface area contributed by atoms with Gasteiger partial charge in [0.25, 0.3) is 5.91 Å². The third-order valence-corrected chi connectivity index (χ3v) is 3.59. The van der Waals surface area contributed by atoms with E-state index in [4.69, 9.17) is 15.2 Å². The number of amides is 1. The number of benzene rings is 1. The maximum Gasteiger partial charge on any atom is 0.254 e. The minimum absolute atomic E-state index is 0. The van der Waals surface area contributed by atoms with Gasteiger partial charge in [-0.1, -0.05) is 6.07 Å². The predicted molar refractivity (Wildman–Crippen MR) is 88.8 cm³/mol. The molecule has 0 aliphatic carbocycles.